The molecule has 1 N–H and O–H groups in total. The van der Waals surface area contributed by atoms with Crippen LogP contribution in [-0.2, 0) is 0 Å². The molecule has 2 aromatic carbocycles. The summed E-state index contributed by atoms with van der Waals surface area (Å²) in [6, 6.07) is 15.6. The van der Waals surface area contributed by atoms with E-state index in [-0.39, 0.29) is 17.8 Å². The zero-order valence-corrected chi connectivity index (χ0v) is 18.6. The minimum Gasteiger partial charge on any atom is -0.335 e. The number of anilines is 1. The van der Waals surface area contributed by atoms with Gasteiger partial charge in [-0.25, -0.2) is 9.18 Å². The Morgan fingerprint density at radius 3 is 2.19 bits per heavy atom. The van der Waals surface area contributed by atoms with Crippen LogP contribution in [0.4, 0.5) is 14.9 Å². The lowest BCUT2D eigenvalue weighted by atomic mass is 10.2. The summed E-state index contributed by atoms with van der Waals surface area (Å²) in [5.41, 5.74) is 5.02. The van der Waals surface area contributed by atoms with Crippen molar-refractivity contribution in [3.63, 3.8) is 0 Å². The van der Waals surface area contributed by atoms with E-state index in [1.807, 2.05) is 55.7 Å². The van der Waals surface area contributed by atoms with Crippen molar-refractivity contribution in [1.82, 2.24) is 14.4 Å². The molecule has 1 saturated heterocycles. The average Bonchev–Trinajstić information content (AvgIpc) is 3.08. The molecule has 7 heteroatoms. The highest BCUT2D eigenvalue weighted by atomic mass is 19.1. The zero-order valence-electron chi connectivity index (χ0n) is 18.6. The highest BCUT2D eigenvalue weighted by molar-refractivity contribution is 5.96. The summed E-state index contributed by atoms with van der Waals surface area (Å²) in [4.78, 5) is 29.3. The molecule has 1 fully saturated rings. The van der Waals surface area contributed by atoms with Crippen LogP contribution in [-0.4, -0.2) is 52.5 Å². The van der Waals surface area contributed by atoms with Crippen molar-refractivity contribution in [3.8, 4) is 5.69 Å². The standard InChI is InChI=1S/C25H27FN4O2/c1-17-5-4-6-21(15-17)27-25(32)29-13-11-28(12-14-29)24(31)23-16-18(2)30(19(23)3)22-9-7-20(26)8-10-22/h4-10,15-16H,11-14H2,1-3H3,(H,27,32). The second-order valence-electron chi connectivity index (χ2n) is 8.18. The van der Waals surface area contributed by atoms with Crippen LogP contribution in [0.25, 0.3) is 5.69 Å². The van der Waals surface area contributed by atoms with Crippen molar-refractivity contribution >= 4 is 17.6 Å². The molecule has 0 spiro atoms. The van der Waals surface area contributed by atoms with Crippen molar-refractivity contribution in [2.45, 2.75) is 20.8 Å². The molecule has 6 nitrogen and oxygen atoms in total. The topological polar surface area (TPSA) is 57.6 Å². The first kappa shape index (κ1) is 21.6. The highest BCUT2D eigenvalue weighted by Gasteiger charge is 2.27. The quantitative estimate of drug-likeness (QED) is 0.658. The van der Waals surface area contributed by atoms with Gasteiger partial charge in [-0.3, -0.25) is 4.79 Å². The number of amides is 3. The Kier molecular flexibility index (Phi) is 5.99. The molecule has 2 heterocycles. The Morgan fingerprint density at radius 2 is 1.53 bits per heavy atom. The number of nitrogens with one attached hydrogen (secondary N) is 1. The van der Waals surface area contributed by atoms with E-state index in [0.717, 1.165) is 28.3 Å². The minimum absolute atomic E-state index is 0.0507. The van der Waals surface area contributed by atoms with E-state index in [9.17, 15) is 14.0 Å². The number of carbonyl (C=O) groups is 2. The van der Waals surface area contributed by atoms with Gasteiger partial charge < -0.3 is 19.7 Å². The van der Waals surface area contributed by atoms with Crippen molar-refractivity contribution in [1.29, 1.82) is 0 Å². The summed E-state index contributed by atoms with van der Waals surface area (Å²) in [6.45, 7) is 7.70. The van der Waals surface area contributed by atoms with E-state index >= 15 is 0 Å². The first-order valence-corrected chi connectivity index (χ1v) is 10.7. The molecule has 0 atom stereocenters. The van der Waals surface area contributed by atoms with Crippen LogP contribution >= 0.6 is 0 Å². The van der Waals surface area contributed by atoms with Crippen LogP contribution in [0.1, 0.15) is 27.3 Å². The molecular weight excluding hydrogens is 407 g/mol. The van der Waals surface area contributed by atoms with E-state index in [1.165, 1.54) is 12.1 Å². The van der Waals surface area contributed by atoms with E-state index in [2.05, 4.69) is 5.32 Å². The molecule has 3 aromatic rings. The Balaban J connectivity index is 1.42. The molecule has 3 amide bonds. The fourth-order valence-corrected chi connectivity index (χ4v) is 4.18. The predicted octanol–water partition coefficient (Wildman–Crippen LogP) is 4.53. The number of hydrogen-bond acceptors (Lipinski definition) is 2. The maximum absolute atomic E-state index is 13.3. The highest BCUT2D eigenvalue weighted by Crippen LogP contribution is 2.23. The molecule has 0 bridgehead atoms. The predicted molar refractivity (Wildman–Crippen MR) is 123 cm³/mol. The first-order valence-electron chi connectivity index (χ1n) is 10.7. The van der Waals surface area contributed by atoms with Crippen molar-refractivity contribution < 1.29 is 14.0 Å². The van der Waals surface area contributed by atoms with Gasteiger partial charge in [0.05, 0.1) is 5.56 Å². The second kappa shape index (κ2) is 8.86. The summed E-state index contributed by atoms with van der Waals surface area (Å²) < 4.78 is 15.3. The SMILES string of the molecule is Cc1cccc(NC(=O)N2CCN(C(=O)c3cc(C)n(-c4ccc(F)cc4)c3C)CC2)c1. The summed E-state index contributed by atoms with van der Waals surface area (Å²) in [7, 11) is 0. The largest absolute Gasteiger partial charge is 0.335 e. The fourth-order valence-electron chi connectivity index (χ4n) is 4.18. The molecule has 0 saturated carbocycles. The van der Waals surface area contributed by atoms with Gasteiger partial charge in [-0.1, -0.05) is 12.1 Å². The van der Waals surface area contributed by atoms with Crippen LogP contribution in [0.5, 0.6) is 0 Å². The summed E-state index contributed by atoms with van der Waals surface area (Å²) in [5, 5.41) is 2.92. The lowest BCUT2D eigenvalue weighted by Crippen LogP contribution is -2.51. The number of hydrogen-bond donors (Lipinski definition) is 1. The normalized spacial score (nSPS) is 13.9. The number of urea groups is 1. The number of aromatic nitrogens is 1. The summed E-state index contributed by atoms with van der Waals surface area (Å²) in [6.07, 6.45) is 0. The van der Waals surface area contributed by atoms with E-state index in [4.69, 9.17) is 0 Å². The molecule has 32 heavy (non-hydrogen) atoms. The van der Waals surface area contributed by atoms with Crippen molar-refractivity contribution in [3.05, 3.63) is 82.9 Å². The second-order valence-corrected chi connectivity index (χ2v) is 8.18. The summed E-state index contributed by atoms with van der Waals surface area (Å²) in [5.74, 6) is -0.345. The Morgan fingerprint density at radius 1 is 0.875 bits per heavy atom. The average molecular weight is 435 g/mol. The van der Waals surface area contributed by atoms with Gasteiger partial charge in [0.2, 0.25) is 0 Å². The summed E-state index contributed by atoms with van der Waals surface area (Å²) >= 11 is 0. The number of piperazine rings is 1. The smallest absolute Gasteiger partial charge is 0.321 e. The van der Waals surface area contributed by atoms with Crippen LogP contribution in [0.15, 0.2) is 54.6 Å². The molecule has 0 radical (unpaired) electrons. The molecule has 1 aliphatic heterocycles. The monoisotopic (exact) mass is 434 g/mol. The zero-order chi connectivity index (χ0) is 22.8. The first-order chi connectivity index (χ1) is 15.3. The van der Waals surface area contributed by atoms with Gasteiger partial charge >= 0.3 is 6.03 Å². The third kappa shape index (κ3) is 4.37. The third-order valence-corrected chi connectivity index (χ3v) is 5.87. The number of halogens is 1. The molecule has 166 valence electrons. The van der Waals surface area contributed by atoms with Gasteiger partial charge in [-0.2, -0.15) is 0 Å². The number of carbonyl (C=O) groups excluding carboxylic acids is 2. The van der Waals surface area contributed by atoms with Gasteiger partial charge in [0.25, 0.3) is 5.91 Å². The van der Waals surface area contributed by atoms with Gasteiger partial charge in [0.15, 0.2) is 0 Å². The Labute approximate surface area is 187 Å². The van der Waals surface area contributed by atoms with E-state index in [0.29, 0.717) is 31.7 Å². The van der Waals surface area contributed by atoms with Crippen LogP contribution in [0.3, 0.4) is 0 Å². The Bertz CT molecular complexity index is 1150. The molecule has 4 rings (SSSR count). The number of aryl methyl sites for hydroxylation is 2. The van der Waals surface area contributed by atoms with Gasteiger partial charge in [-0.15, -0.1) is 0 Å². The van der Waals surface area contributed by atoms with E-state index in [1.54, 1.807) is 21.9 Å². The molecule has 1 aliphatic rings. The van der Waals surface area contributed by atoms with Gasteiger partial charge in [-0.05, 0) is 68.8 Å². The van der Waals surface area contributed by atoms with Crippen molar-refractivity contribution in [2.75, 3.05) is 31.5 Å². The van der Waals surface area contributed by atoms with Crippen molar-refractivity contribution in [2.24, 2.45) is 0 Å². The Hall–Kier alpha value is -3.61. The van der Waals surface area contributed by atoms with Gasteiger partial charge in [0, 0.05) is 48.9 Å². The minimum atomic E-state index is -0.295. The lowest BCUT2D eigenvalue weighted by molar-refractivity contribution is 0.0671. The maximum Gasteiger partial charge on any atom is 0.321 e. The number of rotatable bonds is 3. The molecule has 0 aliphatic carbocycles. The molecular formula is C25H27FN4O2. The fraction of sp³-hybridized carbons (Fsp3) is 0.280. The molecule has 1 aromatic heterocycles. The number of benzene rings is 2. The van der Waals surface area contributed by atoms with E-state index < -0.39 is 0 Å². The van der Waals surface area contributed by atoms with Crippen LogP contribution in [0, 0.1) is 26.6 Å². The van der Waals surface area contributed by atoms with Crippen LogP contribution in [0.2, 0.25) is 0 Å². The molecule has 0 unspecified atom stereocenters. The van der Waals surface area contributed by atoms with Gasteiger partial charge in [0.1, 0.15) is 5.82 Å². The third-order valence-electron chi connectivity index (χ3n) is 5.87. The maximum atomic E-state index is 13.3. The lowest BCUT2D eigenvalue weighted by Gasteiger charge is -2.34. The number of nitrogens with zero attached hydrogens (tertiary/aromatic N) is 3. The van der Waals surface area contributed by atoms with Crippen LogP contribution < -0.4 is 5.32 Å².